The van der Waals surface area contributed by atoms with E-state index < -0.39 is 5.60 Å². The quantitative estimate of drug-likeness (QED) is 0.542. The lowest BCUT2D eigenvalue weighted by atomic mass is 10.1. The van der Waals surface area contributed by atoms with Crippen LogP contribution >= 0.6 is 11.3 Å². The average Bonchev–Trinajstić information content (AvgIpc) is 3.27. The summed E-state index contributed by atoms with van der Waals surface area (Å²) in [5.41, 5.74) is 3.60. The second-order valence-corrected chi connectivity index (χ2v) is 8.95. The highest BCUT2D eigenvalue weighted by atomic mass is 32.1. The molecule has 6 heteroatoms. The molecule has 0 aliphatic carbocycles. The van der Waals surface area contributed by atoms with Crippen LogP contribution in [0.15, 0.2) is 40.1 Å². The highest BCUT2D eigenvalue weighted by Gasteiger charge is 2.24. The van der Waals surface area contributed by atoms with Crippen molar-refractivity contribution in [2.45, 2.75) is 39.7 Å². The molecule has 3 heterocycles. The van der Waals surface area contributed by atoms with Crippen molar-refractivity contribution in [2.75, 3.05) is 13.1 Å². The van der Waals surface area contributed by atoms with Crippen LogP contribution in [0, 0.1) is 6.92 Å². The van der Waals surface area contributed by atoms with E-state index in [1.54, 1.807) is 16.2 Å². The topological polar surface area (TPSA) is 55.6 Å². The average molecular weight is 397 g/mol. The van der Waals surface area contributed by atoms with Crippen molar-refractivity contribution in [3.8, 4) is 11.5 Å². The van der Waals surface area contributed by atoms with Gasteiger partial charge >= 0.3 is 6.09 Å². The van der Waals surface area contributed by atoms with Crippen LogP contribution in [-0.2, 0) is 4.74 Å². The lowest BCUT2D eigenvalue weighted by Gasteiger charge is -2.29. The molecule has 3 aromatic rings. The predicted molar refractivity (Wildman–Crippen MR) is 112 cm³/mol. The molecule has 1 aromatic carbocycles. The van der Waals surface area contributed by atoms with E-state index in [0.29, 0.717) is 13.1 Å². The molecule has 4 rings (SSSR count). The number of nitrogens with zero attached hydrogens (tertiary/aromatic N) is 2. The number of benzene rings is 1. The minimum absolute atomic E-state index is 0.264. The summed E-state index contributed by atoms with van der Waals surface area (Å²) in [5, 5.41) is 4.09. The number of hydrogen-bond acceptors (Lipinski definition) is 5. The van der Waals surface area contributed by atoms with E-state index in [-0.39, 0.29) is 6.09 Å². The first-order valence-electron chi connectivity index (χ1n) is 9.42. The first-order chi connectivity index (χ1) is 13.3. The zero-order valence-electron chi connectivity index (χ0n) is 16.6. The van der Waals surface area contributed by atoms with Crippen molar-refractivity contribution in [1.29, 1.82) is 0 Å². The molecule has 0 saturated carbocycles. The van der Waals surface area contributed by atoms with Gasteiger partial charge in [-0.1, -0.05) is 18.2 Å². The highest BCUT2D eigenvalue weighted by Crippen LogP contribution is 2.32. The number of rotatable bonds is 2. The van der Waals surface area contributed by atoms with Crippen LogP contribution in [0.3, 0.4) is 0 Å². The Kier molecular flexibility index (Phi) is 4.75. The Hall–Kier alpha value is -2.60. The van der Waals surface area contributed by atoms with E-state index >= 15 is 0 Å². The molecular formula is C22H24N2O3S. The number of fused-ring (bicyclic) bond motifs is 1. The first-order valence-corrected chi connectivity index (χ1v) is 10.3. The van der Waals surface area contributed by atoms with Gasteiger partial charge in [-0.15, -0.1) is 11.3 Å². The van der Waals surface area contributed by atoms with E-state index in [0.717, 1.165) is 33.9 Å². The lowest BCUT2D eigenvalue weighted by Crippen LogP contribution is -2.39. The molecule has 1 aliphatic rings. The minimum atomic E-state index is -0.476. The third-order valence-corrected chi connectivity index (χ3v) is 5.49. The Labute approximate surface area is 168 Å². The molecule has 2 aromatic heterocycles. The van der Waals surface area contributed by atoms with Crippen molar-refractivity contribution >= 4 is 34.0 Å². The second-order valence-electron chi connectivity index (χ2n) is 8.10. The number of amides is 1. The summed E-state index contributed by atoms with van der Waals surface area (Å²) in [6.07, 6.45) is 2.57. The second kappa shape index (κ2) is 7.09. The summed E-state index contributed by atoms with van der Waals surface area (Å²) >= 11 is 1.61. The Morgan fingerprint density at radius 1 is 1.29 bits per heavy atom. The van der Waals surface area contributed by atoms with Crippen molar-refractivity contribution in [3.05, 3.63) is 46.3 Å². The maximum Gasteiger partial charge on any atom is 0.410 e. The molecule has 0 unspecified atom stereocenters. The van der Waals surface area contributed by atoms with Crippen molar-refractivity contribution in [1.82, 2.24) is 9.88 Å². The van der Waals surface area contributed by atoms with Crippen LogP contribution in [0.5, 0.6) is 0 Å². The Morgan fingerprint density at radius 2 is 2.11 bits per heavy atom. The third-order valence-electron chi connectivity index (χ3n) is 4.57. The number of aryl methyl sites for hydroxylation is 1. The summed E-state index contributed by atoms with van der Waals surface area (Å²) in [5.74, 6) is 0.787. The fourth-order valence-corrected chi connectivity index (χ4v) is 4.03. The number of carbonyl (C=O) groups excluding carboxylic acids is 1. The molecular weight excluding hydrogens is 372 g/mol. The molecule has 0 fully saturated rings. The largest absolute Gasteiger partial charge is 0.454 e. The molecule has 0 atom stereocenters. The van der Waals surface area contributed by atoms with Crippen LogP contribution in [-0.4, -0.2) is 34.7 Å². The molecule has 1 amide bonds. The lowest BCUT2D eigenvalue weighted by molar-refractivity contribution is 0.0270. The standard InChI is InChI=1S/C22H24N2O3S/c1-14-5-6-16-12-19(26-18(16)11-14)17-13-28-20(23-17)15-7-9-24(10-8-15)21(25)27-22(2,3)4/h5-7,11-13H,8-10H2,1-4H3. The van der Waals surface area contributed by atoms with Gasteiger partial charge in [0, 0.05) is 23.9 Å². The number of aromatic nitrogens is 1. The summed E-state index contributed by atoms with van der Waals surface area (Å²) in [7, 11) is 0. The van der Waals surface area contributed by atoms with Gasteiger partial charge in [-0.2, -0.15) is 0 Å². The van der Waals surface area contributed by atoms with Gasteiger partial charge < -0.3 is 14.1 Å². The Balaban J connectivity index is 1.49. The summed E-state index contributed by atoms with van der Waals surface area (Å²) in [4.78, 5) is 18.7. The van der Waals surface area contributed by atoms with E-state index in [1.165, 1.54) is 11.1 Å². The molecule has 1 aliphatic heterocycles. The fourth-order valence-electron chi connectivity index (χ4n) is 3.15. The van der Waals surface area contributed by atoms with Gasteiger partial charge in [-0.25, -0.2) is 9.78 Å². The zero-order chi connectivity index (χ0) is 19.9. The van der Waals surface area contributed by atoms with Crippen molar-refractivity contribution in [3.63, 3.8) is 0 Å². The van der Waals surface area contributed by atoms with Crippen LogP contribution in [0.4, 0.5) is 4.79 Å². The monoisotopic (exact) mass is 396 g/mol. The molecule has 146 valence electrons. The maximum atomic E-state index is 12.2. The SMILES string of the molecule is Cc1ccc2cc(-c3csc(C4=CCN(C(=O)OC(C)(C)C)CC4)n3)oc2c1. The zero-order valence-corrected chi connectivity index (χ0v) is 17.4. The number of hydrogen-bond donors (Lipinski definition) is 0. The normalized spacial score (nSPS) is 15.0. The Morgan fingerprint density at radius 3 is 2.82 bits per heavy atom. The van der Waals surface area contributed by atoms with Crippen LogP contribution in [0.25, 0.3) is 28.0 Å². The summed E-state index contributed by atoms with van der Waals surface area (Å²) < 4.78 is 11.4. The van der Waals surface area contributed by atoms with E-state index in [1.807, 2.05) is 38.3 Å². The van der Waals surface area contributed by atoms with Gasteiger partial charge in [0.25, 0.3) is 0 Å². The number of furan rings is 1. The molecule has 0 bridgehead atoms. The van der Waals surface area contributed by atoms with Crippen LogP contribution < -0.4 is 0 Å². The van der Waals surface area contributed by atoms with Gasteiger partial charge in [0.1, 0.15) is 21.9 Å². The summed E-state index contributed by atoms with van der Waals surface area (Å²) in [6, 6.07) is 8.23. The highest BCUT2D eigenvalue weighted by molar-refractivity contribution is 7.11. The summed E-state index contributed by atoms with van der Waals surface area (Å²) in [6.45, 7) is 8.88. The first kappa shape index (κ1) is 18.7. The Bertz CT molecular complexity index is 1060. The maximum absolute atomic E-state index is 12.2. The van der Waals surface area contributed by atoms with Crippen molar-refractivity contribution in [2.24, 2.45) is 0 Å². The van der Waals surface area contributed by atoms with Gasteiger partial charge in [0.05, 0.1) is 0 Å². The third kappa shape index (κ3) is 3.97. The van der Waals surface area contributed by atoms with Crippen LogP contribution in [0.1, 0.15) is 37.8 Å². The van der Waals surface area contributed by atoms with Gasteiger partial charge in [0.2, 0.25) is 0 Å². The van der Waals surface area contributed by atoms with E-state index in [2.05, 4.69) is 25.1 Å². The van der Waals surface area contributed by atoms with Crippen molar-refractivity contribution < 1.29 is 13.9 Å². The van der Waals surface area contributed by atoms with Gasteiger partial charge in [-0.05, 0) is 57.4 Å². The molecule has 0 saturated heterocycles. The van der Waals surface area contributed by atoms with Gasteiger partial charge in [-0.3, -0.25) is 0 Å². The van der Waals surface area contributed by atoms with Gasteiger partial charge in [0.15, 0.2) is 5.76 Å². The number of thiazole rings is 1. The molecule has 0 spiro atoms. The predicted octanol–water partition coefficient (Wildman–Crippen LogP) is 5.89. The molecule has 0 radical (unpaired) electrons. The number of carbonyl (C=O) groups is 1. The molecule has 5 nitrogen and oxygen atoms in total. The van der Waals surface area contributed by atoms with Crippen LogP contribution in [0.2, 0.25) is 0 Å². The smallest absolute Gasteiger partial charge is 0.410 e. The van der Waals surface area contributed by atoms with E-state index in [9.17, 15) is 4.79 Å². The minimum Gasteiger partial charge on any atom is -0.454 e. The number of ether oxygens (including phenoxy) is 1. The molecule has 28 heavy (non-hydrogen) atoms. The molecule has 0 N–H and O–H groups in total. The fraction of sp³-hybridized carbons (Fsp3) is 0.364. The van der Waals surface area contributed by atoms with E-state index in [4.69, 9.17) is 14.1 Å².